The molecule has 0 spiro atoms. The number of hydrogen-bond acceptors (Lipinski definition) is 3. The average Bonchev–Trinajstić information content (AvgIpc) is 2.35. The zero-order valence-electron chi connectivity index (χ0n) is 10.4. The summed E-state index contributed by atoms with van der Waals surface area (Å²) in [7, 11) is 0. The molecule has 1 heterocycles. The predicted octanol–water partition coefficient (Wildman–Crippen LogP) is 1.22. The van der Waals surface area contributed by atoms with Gasteiger partial charge in [-0.3, -0.25) is 14.6 Å². The predicted molar refractivity (Wildman–Crippen MR) is 68.6 cm³/mol. The Kier molecular flexibility index (Phi) is 4.29. The molecule has 3 nitrogen and oxygen atoms in total. The van der Waals surface area contributed by atoms with Gasteiger partial charge in [-0.15, -0.1) is 0 Å². The Morgan fingerprint density at radius 1 is 1.06 bits per heavy atom. The molecule has 17 heavy (non-hydrogen) atoms. The Hall–Kier alpha value is -1.19. The fourth-order valence-electron chi connectivity index (χ4n) is 2.15. The lowest BCUT2D eigenvalue weighted by Crippen LogP contribution is -2.46. The molecule has 91 valence electrons. The highest BCUT2D eigenvalue weighted by Crippen LogP contribution is 2.09. The van der Waals surface area contributed by atoms with Crippen molar-refractivity contribution >= 4 is 6.29 Å². The van der Waals surface area contributed by atoms with Crippen LogP contribution >= 0.6 is 0 Å². The Morgan fingerprint density at radius 2 is 1.65 bits per heavy atom. The maximum Gasteiger partial charge on any atom is 0.213 e. The van der Waals surface area contributed by atoms with Crippen LogP contribution in [0.5, 0.6) is 0 Å². The molecule has 0 unspecified atom stereocenters. The van der Waals surface area contributed by atoms with E-state index in [0.29, 0.717) is 6.54 Å². The number of carbonyl (C=O) groups excluding carboxylic acids is 1. The maximum atomic E-state index is 10.3. The van der Waals surface area contributed by atoms with Crippen molar-refractivity contribution in [1.29, 1.82) is 0 Å². The van der Waals surface area contributed by atoms with Gasteiger partial charge in [0.2, 0.25) is 6.29 Å². The van der Waals surface area contributed by atoms with Crippen molar-refractivity contribution in [3.8, 4) is 0 Å². The molecule has 0 aromatic heterocycles. The molecule has 1 fully saturated rings. The first-order chi connectivity index (χ1) is 8.28. The third-order valence-electron chi connectivity index (χ3n) is 3.28. The lowest BCUT2D eigenvalue weighted by Gasteiger charge is -2.33. The third kappa shape index (κ3) is 3.65. The number of benzene rings is 1. The van der Waals surface area contributed by atoms with Crippen molar-refractivity contribution in [2.45, 2.75) is 13.5 Å². The molecule has 1 radical (unpaired) electrons. The Balaban J connectivity index is 1.81. The summed E-state index contributed by atoms with van der Waals surface area (Å²) >= 11 is 0. The number of nitrogens with zero attached hydrogens (tertiary/aromatic N) is 2. The highest BCUT2D eigenvalue weighted by atomic mass is 16.1. The number of piperazine rings is 1. The molecular formula is C14H19N2O. The van der Waals surface area contributed by atoms with E-state index in [1.807, 2.05) is 6.29 Å². The summed E-state index contributed by atoms with van der Waals surface area (Å²) in [5.74, 6) is 0. The summed E-state index contributed by atoms with van der Waals surface area (Å²) in [6.45, 7) is 7.60. The topological polar surface area (TPSA) is 23.6 Å². The molecule has 1 aromatic carbocycles. The van der Waals surface area contributed by atoms with E-state index in [1.165, 1.54) is 11.1 Å². The van der Waals surface area contributed by atoms with Gasteiger partial charge in [0.15, 0.2) is 0 Å². The average molecular weight is 231 g/mol. The van der Waals surface area contributed by atoms with Crippen LogP contribution in [0.2, 0.25) is 0 Å². The largest absolute Gasteiger partial charge is 0.297 e. The molecule has 0 N–H and O–H groups in total. The van der Waals surface area contributed by atoms with Crippen LogP contribution < -0.4 is 0 Å². The summed E-state index contributed by atoms with van der Waals surface area (Å²) in [6, 6.07) is 8.71. The van der Waals surface area contributed by atoms with Crippen molar-refractivity contribution < 1.29 is 4.79 Å². The molecular weight excluding hydrogens is 212 g/mol. The van der Waals surface area contributed by atoms with Gasteiger partial charge in [-0.05, 0) is 12.5 Å². The molecule has 0 atom stereocenters. The van der Waals surface area contributed by atoms with Gasteiger partial charge in [-0.1, -0.05) is 29.8 Å². The zero-order chi connectivity index (χ0) is 12.1. The Labute approximate surface area is 103 Å². The first-order valence-corrected chi connectivity index (χ1v) is 6.13. The SMILES string of the molecule is Cc1ccc(CN2CCN(C[C]=O)CC2)cc1. The lowest BCUT2D eigenvalue weighted by atomic mass is 10.1. The zero-order valence-corrected chi connectivity index (χ0v) is 10.4. The van der Waals surface area contributed by atoms with Crippen LogP contribution in [0.4, 0.5) is 0 Å². The first-order valence-electron chi connectivity index (χ1n) is 6.13. The molecule has 2 rings (SSSR count). The van der Waals surface area contributed by atoms with Gasteiger partial charge in [0.05, 0.1) is 6.54 Å². The smallest absolute Gasteiger partial charge is 0.213 e. The van der Waals surface area contributed by atoms with Crippen molar-refractivity contribution in [2.24, 2.45) is 0 Å². The van der Waals surface area contributed by atoms with Gasteiger partial charge < -0.3 is 0 Å². The molecule has 1 aliphatic rings. The summed E-state index contributed by atoms with van der Waals surface area (Å²) in [5, 5.41) is 0. The summed E-state index contributed by atoms with van der Waals surface area (Å²) < 4.78 is 0. The molecule has 1 aromatic rings. The molecule has 3 heteroatoms. The first kappa shape index (κ1) is 12.3. The van der Waals surface area contributed by atoms with Gasteiger partial charge in [0.1, 0.15) is 0 Å². The summed E-state index contributed by atoms with van der Waals surface area (Å²) in [4.78, 5) is 14.9. The van der Waals surface area contributed by atoms with Crippen LogP contribution in [0.3, 0.4) is 0 Å². The van der Waals surface area contributed by atoms with Gasteiger partial charge in [-0.25, -0.2) is 0 Å². The lowest BCUT2D eigenvalue weighted by molar-refractivity contribution is 0.139. The van der Waals surface area contributed by atoms with E-state index in [2.05, 4.69) is 41.0 Å². The Morgan fingerprint density at radius 3 is 2.24 bits per heavy atom. The monoisotopic (exact) mass is 231 g/mol. The molecule has 0 aliphatic carbocycles. The highest BCUT2D eigenvalue weighted by molar-refractivity contribution is 5.53. The van der Waals surface area contributed by atoms with Gasteiger partial charge >= 0.3 is 0 Å². The van der Waals surface area contributed by atoms with E-state index in [-0.39, 0.29) is 0 Å². The van der Waals surface area contributed by atoms with Gasteiger partial charge in [-0.2, -0.15) is 0 Å². The third-order valence-corrected chi connectivity index (χ3v) is 3.28. The van der Waals surface area contributed by atoms with Crippen LogP contribution in [0.15, 0.2) is 24.3 Å². The minimum absolute atomic E-state index is 0.457. The van der Waals surface area contributed by atoms with E-state index >= 15 is 0 Å². The quantitative estimate of drug-likeness (QED) is 0.778. The molecule has 0 amide bonds. The van der Waals surface area contributed by atoms with Crippen LogP contribution in [-0.2, 0) is 11.3 Å². The van der Waals surface area contributed by atoms with Crippen LogP contribution in [0.1, 0.15) is 11.1 Å². The molecule has 1 aliphatic heterocycles. The summed E-state index contributed by atoms with van der Waals surface area (Å²) in [5.41, 5.74) is 2.67. The highest BCUT2D eigenvalue weighted by Gasteiger charge is 2.16. The normalized spacial score (nSPS) is 18.2. The fourth-order valence-corrected chi connectivity index (χ4v) is 2.15. The molecule has 1 saturated heterocycles. The van der Waals surface area contributed by atoms with Crippen molar-refractivity contribution in [2.75, 3.05) is 32.7 Å². The fraction of sp³-hybridized carbons (Fsp3) is 0.500. The second kappa shape index (κ2) is 5.94. The Bertz CT molecular complexity index is 353. The van der Waals surface area contributed by atoms with Crippen LogP contribution in [0.25, 0.3) is 0 Å². The van der Waals surface area contributed by atoms with Crippen molar-refractivity contribution in [3.63, 3.8) is 0 Å². The van der Waals surface area contributed by atoms with E-state index in [0.717, 1.165) is 32.7 Å². The second-order valence-electron chi connectivity index (χ2n) is 4.68. The van der Waals surface area contributed by atoms with E-state index in [1.54, 1.807) is 0 Å². The minimum atomic E-state index is 0.457. The molecule has 0 bridgehead atoms. The second-order valence-corrected chi connectivity index (χ2v) is 4.68. The van der Waals surface area contributed by atoms with Crippen LogP contribution in [-0.4, -0.2) is 48.8 Å². The number of hydrogen-bond donors (Lipinski definition) is 0. The molecule has 0 saturated carbocycles. The van der Waals surface area contributed by atoms with E-state index < -0.39 is 0 Å². The summed E-state index contributed by atoms with van der Waals surface area (Å²) in [6.07, 6.45) is 1.97. The van der Waals surface area contributed by atoms with Crippen molar-refractivity contribution in [3.05, 3.63) is 35.4 Å². The van der Waals surface area contributed by atoms with Crippen molar-refractivity contribution in [1.82, 2.24) is 9.80 Å². The minimum Gasteiger partial charge on any atom is -0.297 e. The maximum absolute atomic E-state index is 10.3. The van der Waals surface area contributed by atoms with Crippen LogP contribution in [0, 0.1) is 6.92 Å². The standard InChI is InChI=1S/C14H19N2O/c1-13-2-4-14(5-3-13)12-16-8-6-15(7-9-16)10-11-17/h2-5H,6-10,12H2,1H3. The van der Waals surface area contributed by atoms with E-state index in [4.69, 9.17) is 0 Å². The van der Waals surface area contributed by atoms with E-state index in [9.17, 15) is 4.79 Å². The number of rotatable bonds is 4. The number of aryl methyl sites for hydroxylation is 1. The van der Waals surface area contributed by atoms with Gasteiger partial charge in [0.25, 0.3) is 0 Å². The van der Waals surface area contributed by atoms with Gasteiger partial charge in [0, 0.05) is 32.7 Å².